The fourth-order valence-electron chi connectivity index (χ4n) is 2.08. The molecular formula is C19H42N2O5Si. The number of rotatable bonds is 14. The molecule has 0 heterocycles. The summed E-state index contributed by atoms with van der Waals surface area (Å²) in [5.41, 5.74) is 4.91. The molecule has 27 heavy (non-hydrogen) atoms. The third-order valence-electron chi connectivity index (χ3n) is 4.21. The van der Waals surface area contributed by atoms with Gasteiger partial charge in [-0.2, -0.15) is 0 Å². The number of amides is 2. The number of primary amides is 1. The Morgan fingerprint density at radius 1 is 0.889 bits per heavy atom. The van der Waals surface area contributed by atoms with E-state index in [1.165, 1.54) is 0 Å². The minimum absolute atomic E-state index is 0.0417. The van der Waals surface area contributed by atoms with Crippen LogP contribution in [0.5, 0.6) is 0 Å². The Morgan fingerprint density at radius 3 is 1.63 bits per heavy atom. The van der Waals surface area contributed by atoms with E-state index in [9.17, 15) is 9.59 Å². The Labute approximate surface area is 167 Å². The second-order valence-electron chi connectivity index (χ2n) is 6.40. The van der Waals surface area contributed by atoms with Crippen molar-refractivity contribution in [1.82, 2.24) is 5.32 Å². The summed E-state index contributed by atoms with van der Waals surface area (Å²) in [5, 5.41) is 2.95. The zero-order valence-corrected chi connectivity index (χ0v) is 19.4. The van der Waals surface area contributed by atoms with E-state index < -0.39 is 8.80 Å². The Bertz CT molecular complexity index is 379. The van der Waals surface area contributed by atoms with Crippen LogP contribution >= 0.6 is 0 Å². The molecule has 162 valence electrons. The van der Waals surface area contributed by atoms with Crippen LogP contribution in [0.4, 0.5) is 0 Å². The van der Waals surface area contributed by atoms with Gasteiger partial charge in [0.2, 0.25) is 11.8 Å². The average Bonchev–Trinajstić information content (AvgIpc) is 2.64. The third kappa shape index (κ3) is 13.8. The van der Waals surface area contributed by atoms with E-state index in [2.05, 4.69) is 5.32 Å². The molecule has 8 heteroatoms. The van der Waals surface area contributed by atoms with Crippen LogP contribution in [0.2, 0.25) is 6.04 Å². The number of carbonyl (C=O) groups excluding carboxylic acids is 2. The summed E-state index contributed by atoms with van der Waals surface area (Å²) in [5.74, 6) is 0.0224. The fourth-order valence-corrected chi connectivity index (χ4v) is 4.69. The largest absolute Gasteiger partial charge is 0.500 e. The predicted molar refractivity (Wildman–Crippen MR) is 111 cm³/mol. The molecule has 0 aromatic rings. The lowest BCUT2D eigenvalue weighted by molar-refractivity contribution is -0.124. The zero-order valence-electron chi connectivity index (χ0n) is 18.4. The first-order chi connectivity index (χ1) is 12.7. The second kappa shape index (κ2) is 17.2. The molecular weight excluding hydrogens is 364 g/mol. The highest BCUT2D eigenvalue weighted by atomic mass is 28.4. The van der Waals surface area contributed by atoms with Crippen LogP contribution in [0.15, 0.2) is 0 Å². The van der Waals surface area contributed by atoms with Gasteiger partial charge in [0, 0.05) is 44.2 Å². The molecule has 0 spiro atoms. The van der Waals surface area contributed by atoms with Gasteiger partial charge in [0.25, 0.3) is 0 Å². The van der Waals surface area contributed by atoms with Crippen molar-refractivity contribution in [3.05, 3.63) is 0 Å². The maximum absolute atomic E-state index is 11.7. The van der Waals surface area contributed by atoms with E-state index in [0.717, 1.165) is 25.3 Å². The van der Waals surface area contributed by atoms with Gasteiger partial charge in [-0.15, -0.1) is 0 Å². The summed E-state index contributed by atoms with van der Waals surface area (Å²) in [6.07, 6.45) is 2.52. The molecule has 0 aromatic carbocycles. The first-order valence-electron chi connectivity index (χ1n) is 10.2. The molecule has 0 aliphatic rings. The van der Waals surface area contributed by atoms with Gasteiger partial charge >= 0.3 is 8.80 Å². The van der Waals surface area contributed by atoms with Crippen LogP contribution < -0.4 is 11.1 Å². The van der Waals surface area contributed by atoms with E-state index in [-0.39, 0.29) is 23.7 Å². The van der Waals surface area contributed by atoms with Gasteiger partial charge in [0.05, 0.1) is 0 Å². The molecule has 0 bridgehead atoms. The summed E-state index contributed by atoms with van der Waals surface area (Å²) < 4.78 is 17.3. The Hall–Kier alpha value is -0.963. The lowest BCUT2D eigenvalue weighted by atomic mass is 10.1. The molecule has 0 saturated heterocycles. The van der Waals surface area contributed by atoms with E-state index in [1.807, 2.05) is 48.5 Å². The molecule has 0 fully saturated rings. The first-order valence-corrected chi connectivity index (χ1v) is 12.1. The zero-order chi connectivity index (χ0) is 21.3. The van der Waals surface area contributed by atoms with Crippen molar-refractivity contribution in [2.75, 3.05) is 26.4 Å². The highest BCUT2D eigenvalue weighted by Crippen LogP contribution is 2.17. The van der Waals surface area contributed by atoms with Crippen molar-refractivity contribution in [2.24, 2.45) is 17.6 Å². The van der Waals surface area contributed by atoms with Crippen molar-refractivity contribution in [1.29, 1.82) is 0 Å². The Morgan fingerprint density at radius 2 is 1.33 bits per heavy atom. The fraction of sp³-hybridized carbons (Fsp3) is 0.895. The summed E-state index contributed by atoms with van der Waals surface area (Å²) in [7, 11) is -2.55. The number of hydrogen-bond donors (Lipinski definition) is 2. The molecule has 2 atom stereocenters. The van der Waals surface area contributed by atoms with Gasteiger partial charge in [-0.1, -0.05) is 27.7 Å². The first kappa shape index (κ1) is 28.2. The normalized spacial score (nSPS) is 13.3. The molecule has 0 rings (SSSR count). The Balaban J connectivity index is 0. The average molecular weight is 407 g/mol. The van der Waals surface area contributed by atoms with Crippen LogP contribution in [0.1, 0.15) is 67.7 Å². The van der Waals surface area contributed by atoms with Gasteiger partial charge in [-0.3, -0.25) is 9.59 Å². The summed E-state index contributed by atoms with van der Waals surface area (Å²) in [6.45, 7) is 16.0. The standard InChI is InChI=1S/C14H31NO4Si.C5H11NO/c1-6-13(5)14(16)15-11-10-12-20(17-7-2,18-8-3)19-9-4;1-3-4(2)5(6)7/h13H,6-12H2,1-5H3,(H,15,16);4H,3H2,1-2H3,(H2,6,7). The van der Waals surface area contributed by atoms with Crippen molar-refractivity contribution < 1.29 is 22.9 Å². The van der Waals surface area contributed by atoms with Gasteiger partial charge in [0.15, 0.2) is 0 Å². The van der Waals surface area contributed by atoms with Crippen molar-refractivity contribution in [3.8, 4) is 0 Å². The molecule has 2 amide bonds. The van der Waals surface area contributed by atoms with Crippen molar-refractivity contribution in [2.45, 2.75) is 73.8 Å². The van der Waals surface area contributed by atoms with Crippen LogP contribution in [0.3, 0.4) is 0 Å². The second-order valence-corrected chi connectivity index (χ2v) is 9.13. The number of carbonyl (C=O) groups is 2. The van der Waals surface area contributed by atoms with Gasteiger partial charge < -0.3 is 24.3 Å². The highest BCUT2D eigenvalue weighted by Gasteiger charge is 2.39. The van der Waals surface area contributed by atoms with Crippen LogP contribution in [-0.4, -0.2) is 47.0 Å². The quantitative estimate of drug-likeness (QED) is 0.341. The van der Waals surface area contributed by atoms with E-state index in [4.69, 9.17) is 19.0 Å². The molecule has 2 unspecified atom stereocenters. The molecule has 0 aliphatic heterocycles. The molecule has 7 nitrogen and oxygen atoms in total. The minimum atomic E-state index is -2.55. The van der Waals surface area contributed by atoms with Gasteiger partial charge in [-0.25, -0.2) is 0 Å². The third-order valence-corrected chi connectivity index (χ3v) is 7.36. The molecule has 3 N–H and O–H groups in total. The minimum Gasteiger partial charge on any atom is -0.374 e. The van der Waals surface area contributed by atoms with Crippen LogP contribution in [0, 0.1) is 11.8 Å². The van der Waals surface area contributed by atoms with E-state index in [1.54, 1.807) is 0 Å². The maximum atomic E-state index is 11.7. The maximum Gasteiger partial charge on any atom is 0.500 e. The van der Waals surface area contributed by atoms with E-state index >= 15 is 0 Å². The molecule has 0 saturated carbocycles. The lowest BCUT2D eigenvalue weighted by Crippen LogP contribution is -2.46. The van der Waals surface area contributed by atoms with Crippen molar-refractivity contribution in [3.63, 3.8) is 0 Å². The Kier molecular flexibility index (Phi) is 18.0. The predicted octanol–water partition coefficient (Wildman–Crippen LogP) is 3.11. The highest BCUT2D eigenvalue weighted by molar-refractivity contribution is 6.60. The molecule has 0 aromatic heterocycles. The van der Waals surface area contributed by atoms with Gasteiger partial charge in [0.1, 0.15) is 0 Å². The monoisotopic (exact) mass is 406 g/mol. The van der Waals surface area contributed by atoms with Gasteiger partial charge in [-0.05, 0) is 40.0 Å². The SMILES string of the molecule is CCC(C)C(N)=O.CCO[Si](CCCNC(=O)C(C)CC)(OCC)OCC. The topological polar surface area (TPSA) is 99.9 Å². The molecule has 0 radical (unpaired) electrons. The number of nitrogens with one attached hydrogen (secondary N) is 1. The van der Waals surface area contributed by atoms with E-state index in [0.29, 0.717) is 26.4 Å². The van der Waals surface area contributed by atoms with Crippen LogP contribution in [-0.2, 0) is 22.9 Å². The van der Waals surface area contributed by atoms with Crippen LogP contribution in [0.25, 0.3) is 0 Å². The summed E-state index contributed by atoms with van der Waals surface area (Å²) >= 11 is 0. The summed E-state index contributed by atoms with van der Waals surface area (Å²) in [4.78, 5) is 21.8. The molecule has 0 aliphatic carbocycles. The lowest BCUT2D eigenvalue weighted by Gasteiger charge is -2.28. The summed E-state index contributed by atoms with van der Waals surface area (Å²) in [6, 6.07) is 0.739. The number of hydrogen-bond acceptors (Lipinski definition) is 5. The number of nitrogens with two attached hydrogens (primary N) is 1. The smallest absolute Gasteiger partial charge is 0.374 e. The van der Waals surface area contributed by atoms with Crippen molar-refractivity contribution >= 4 is 20.6 Å².